The van der Waals surface area contributed by atoms with Crippen LogP contribution in [0.3, 0.4) is 0 Å². The van der Waals surface area contributed by atoms with Gasteiger partial charge in [0, 0.05) is 43.4 Å². The Morgan fingerprint density at radius 2 is 1.59 bits per heavy atom. The Balaban J connectivity index is 1.40. The van der Waals surface area contributed by atoms with E-state index in [1.807, 2.05) is 0 Å². The number of halogens is 8. The fourth-order valence-corrected chi connectivity index (χ4v) is 5.69. The quantitative estimate of drug-likeness (QED) is 0.236. The summed E-state index contributed by atoms with van der Waals surface area (Å²) in [5.41, 5.74) is 0.215. The van der Waals surface area contributed by atoms with Crippen molar-refractivity contribution in [3.05, 3.63) is 59.4 Å². The molecule has 3 aromatic heterocycles. The number of aromatic nitrogens is 4. The molecule has 8 nitrogen and oxygen atoms in total. The number of rotatable bonds is 10. The molecule has 2 amide bonds. The molecule has 3 atom stereocenters. The molecule has 46 heavy (non-hydrogen) atoms. The van der Waals surface area contributed by atoms with E-state index in [1.165, 1.54) is 10.5 Å². The second-order valence-corrected chi connectivity index (χ2v) is 12.2. The number of nitrogens with one attached hydrogen (secondary N) is 2. The summed E-state index contributed by atoms with van der Waals surface area (Å²) in [5.74, 6) is -6.53. The number of carbonyl (C=O) groups is 2. The van der Waals surface area contributed by atoms with Crippen LogP contribution in [0.5, 0.6) is 0 Å². The molecule has 2 aliphatic carbocycles. The maximum atomic E-state index is 14.0. The monoisotopic (exact) mass is 660 g/mol. The number of carbonyl (C=O) groups excluding carboxylic acids is 2. The average Bonchev–Trinajstić information content (AvgIpc) is 3.71. The molecule has 0 saturated heterocycles. The highest BCUT2D eigenvalue weighted by Gasteiger charge is 2.41. The zero-order valence-corrected chi connectivity index (χ0v) is 24.6. The molecular weight excluding hydrogens is 628 g/mol. The van der Waals surface area contributed by atoms with Crippen LogP contribution in [0.2, 0.25) is 0 Å². The summed E-state index contributed by atoms with van der Waals surface area (Å²) in [5, 5.41) is 5.45. The fraction of sp³-hybridized carbons (Fsp3) is 0.567. The van der Waals surface area contributed by atoms with Gasteiger partial charge in [0.1, 0.15) is 0 Å². The van der Waals surface area contributed by atoms with Crippen molar-refractivity contribution < 1.29 is 44.7 Å². The fourth-order valence-electron chi connectivity index (χ4n) is 5.69. The van der Waals surface area contributed by atoms with Crippen molar-refractivity contribution >= 4 is 17.6 Å². The molecule has 0 unspecified atom stereocenters. The third kappa shape index (κ3) is 8.49. The van der Waals surface area contributed by atoms with Crippen LogP contribution in [0.15, 0.2) is 36.8 Å². The van der Waals surface area contributed by atoms with Crippen LogP contribution in [0.25, 0.3) is 5.78 Å². The minimum atomic E-state index is -4.54. The van der Waals surface area contributed by atoms with Gasteiger partial charge in [-0.15, -0.1) is 0 Å². The second-order valence-electron chi connectivity index (χ2n) is 12.2. The molecular formula is C30H32F8N6O2. The van der Waals surface area contributed by atoms with Gasteiger partial charge in [-0.3, -0.25) is 19.0 Å². The van der Waals surface area contributed by atoms with Gasteiger partial charge in [-0.1, -0.05) is 6.92 Å². The molecule has 0 aliphatic heterocycles. The van der Waals surface area contributed by atoms with Crippen LogP contribution >= 0.6 is 0 Å². The molecule has 3 heterocycles. The van der Waals surface area contributed by atoms with Gasteiger partial charge >= 0.3 is 12.4 Å². The number of nitrogens with zero attached hydrogens (tertiary/aromatic N) is 4. The number of pyridine rings is 1. The molecule has 0 spiro atoms. The minimum Gasteiger partial charge on any atom is -0.347 e. The molecule has 250 valence electrons. The van der Waals surface area contributed by atoms with E-state index in [4.69, 9.17) is 0 Å². The van der Waals surface area contributed by atoms with Crippen LogP contribution < -0.4 is 10.6 Å². The molecule has 0 aromatic carbocycles. The highest BCUT2D eigenvalue weighted by Crippen LogP contribution is 2.43. The zero-order valence-electron chi connectivity index (χ0n) is 24.6. The lowest BCUT2D eigenvalue weighted by Crippen LogP contribution is -2.37. The first-order valence-corrected chi connectivity index (χ1v) is 14.9. The van der Waals surface area contributed by atoms with Crippen molar-refractivity contribution in [2.45, 2.75) is 88.6 Å². The summed E-state index contributed by atoms with van der Waals surface area (Å²) in [6.07, 6.45) is -6.14. The van der Waals surface area contributed by atoms with Gasteiger partial charge < -0.3 is 10.6 Å². The highest BCUT2D eigenvalue weighted by atomic mass is 19.4. The van der Waals surface area contributed by atoms with Crippen LogP contribution in [0.4, 0.5) is 35.1 Å². The Hall–Kier alpha value is -3.85. The standard InChI is InChI=1S/C30H32F8N6O2/c1-16(30(36,37)38)12-23(45)42-24(17-2-3-17)21-7-11-44-15-22(41-27(44)40-21)25(18-4-8-28(31,32)9-5-18)43-26(46)19-6-10-39-20(13-19)14-29(33,34)35/h6-7,10-11,13,15-18,24-25H,2-5,8-9,12,14H2,1H3,(H,42,45)(H,43,46)/t16-,24+,25+/m1/s1. The van der Waals surface area contributed by atoms with Gasteiger partial charge in [0.15, 0.2) is 0 Å². The Morgan fingerprint density at radius 3 is 2.22 bits per heavy atom. The van der Waals surface area contributed by atoms with E-state index in [9.17, 15) is 44.7 Å². The smallest absolute Gasteiger partial charge is 0.347 e. The molecule has 0 bridgehead atoms. The summed E-state index contributed by atoms with van der Waals surface area (Å²) in [6.45, 7) is 0.931. The molecule has 2 aliphatic rings. The van der Waals surface area contributed by atoms with E-state index < -0.39 is 79.7 Å². The molecule has 3 aromatic rings. The summed E-state index contributed by atoms with van der Waals surface area (Å²) >= 11 is 0. The van der Waals surface area contributed by atoms with Gasteiger partial charge in [0.25, 0.3) is 5.91 Å². The second kappa shape index (κ2) is 12.7. The normalized spacial score (nSPS) is 19.4. The van der Waals surface area contributed by atoms with Crippen LogP contribution in [0.1, 0.15) is 91.4 Å². The summed E-state index contributed by atoms with van der Waals surface area (Å²) in [7, 11) is 0. The minimum absolute atomic E-state index is 0.0203. The SMILES string of the molecule is C[C@H](CC(=O)N[C@H](c1ccn2cc([C@@H](NC(=O)c3ccnc(CC(F)(F)F)c3)C3CCC(F)(F)CC3)nc2n1)C1CC1)C(F)(F)F. The number of imidazole rings is 1. The number of fused-ring (bicyclic) bond motifs is 1. The molecule has 5 rings (SSSR count). The number of hydrogen-bond donors (Lipinski definition) is 2. The van der Waals surface area contributed by atoms with Crippen LogP contribution in [-0.4, -0.2) is 49.4 Å². The summed E-state index contributed by atoms with van der Waals surface area (Å²) < 4.78 is 107. The lowest BCUT2D eigenvalue weighted by molar-refractivity contribution is -0.174. The van der Waals surface area contributed by atoms with Crippen molar-refractivity contribution in [3.63, 3.8) is 0 Å². The first-order chi connectivity index (χ1) is 21.5. The van der Waals surface area contributed by atoms with Crippen LogP contribution in [0, 0.1) is 17.8 Å². The summed E-state index contributed by atoms with van der Waals surface area (Å²) in [4.78, 5) is 38.5. The van der Waals surface area contributed by atoms with E-state index in [1.54, 1.807) is 18.5 Å². The Labute approximate surface area is 258 Å². The van der Waals surface area contributed by atoms with Gasteiger partial charge in [-0.2, -0.15) is 26.3 Å². The average molecular weight is 661 g/mol. The van der Waals surface area contributed by atoms with E-state index in [2.05, 4.69) is 25.6 Å². The molecule has 2 N–H and O–H groups in total. The van der Waals surface area contributed by atoms with Gasteiger partial charge in [0.2, 0.25) is 17.6 Å². The third-order valence-electron chi connectivity index (χ3n) is 8.44. The van der Waals surface area contributed by atoms with Gasteiger partial charge in [0.05, 0.1) is 41.5 Å². The predicted molar refractivity (Wildman–Crippen MR) is 148 cm³/mol. The summed E-state index contributed by atoms with van der Waals surface area (Å²) in [6, 6.07) is 2.33. The zero-order chi connectivity index (χ0) is 33.4. The van der Waals surface area contributed by atoms with Crippen molar-refractivity contribution in [2.75, 3.05) is 0 Å². The largest absolute Gasteiger partial charge is 0.394 e. The van der Waals surface area contributed by atoms with Crippen molar-refractivity contribution in [1.82, 2.24) is 30.0 Å². The van der Waals surface area contributed by atoms with Gasteiger partial charge in [-0.25, -0.2) is 18.7 Å². The Bertz CT molecular complexity index is 1560. The first kappa shape index (κ1) is 33.5. The predicted octanol–water partition coefficient (Wildman–Crippen LogP) is 6.68. The highest BCUT2D eigenvalue weighted by molar-refractivity contribution is 5.94. The molecule has 2 fully saturated rings. The first-order valence-electron chi connectivity index (χ1n) is 14.9. The number of alkyl halides is 8. The van der Waals surface area contributed by atoms with E-state index in [0.717, 1.165) is 32.0 Å². The topological polar surface area (TPSA) is 101 Å². The maximum Gasteiger partial charge on any atom is 0.394 e. The lowest BCUT2D eigenvalue weighted by atomic mass is 9.81. The van der Waals surface area contributed by atoms with Crippen molar-refractivity contribution in [2.24, 2.45) is 17.8 Å². The van der Waals surface area contributed by atoms with Crippen LogP contribution in [-0.2, 0) is 11.2 Å². The van der Waals surface area contributed by atoms with E-state index in [0.29, 0.717) is 5.69 Å². The molecule has 0 radical (unpaired) electrons. The van der Waals surface area contributed by atoms with Crippen molar-refractivity contribution in [1.29, 1.82) is 0 Å². The maximum absolute atomic E-state index is 14.0. The third-order valence-corrected chi connectivity index (χ3v) is 8.44. The molecule has 16 heteroatoms. The Morgan fingerprint density at radius 1 is 0.957 bits per heavy atom. The van der Waals surface area contributed by atoms with Gasteiger partial charge in [-0.05, 0) is 55.7 Å². The van der Waals surface area contributed by atoms with E-state index >= 15 is 0 Å². The van der Waals surface area contributed by atoms with Crippen molar-refractivity contribution in [3.8, 4) is 0 Å². The van der Waals surface area contributed by atoms with E-state index in [-0.39, 0.29) is 41.5 Å². The Kier molecular flexibility index (Phi) is 9.28. The number of hydrogen-bond acceptors (Lipinski definition) is 5. The molecule has 2 saturated carbocycles. The number of amides is 2. The lowest BCUT2D eigenvalue weighted by Gasteiger charge is -2.33.